The maximum atomic E-state index is 13.2. The summed E-state index contributed by atoms with van der Waals surface area (Å²) in [5, 5.41) is 32.3. The summed E-state index contributed by atoms with van der Waals surface area (Å²) >= 11 is 0. The fourth-order valence-electron chi connectivity index (χ4n) is 4.45. The first-order valence-electron chi connectivity index (χ1n) is 15.7. The Morgan fingerprint density at radius 3 is 1.60 bits per heavy atom. The minimum absolute atomic E-state index is 0.00379. The van der Waals surface area contributed by atoms with Crippen molar-refractivity contribution in [3.63, 3.8) is 0 Å². The summed E-state index contributed by atoms with van der Waals surface area (Å²) in [5.74, 6) is -5.04. The lowest BCUT2D eigenvalue weighted by molar-refractivity contribution is -0.142. The van der Waals surface area contributed by atoms with Gasteiger partial charge >= 0.3 is 5.97 Å². The van der Waals surface area contributed by atoms with Crippen molar-refractivity contribution < 1.29 is 39.0 Å². The van der Waals surface area contributed by atoms with E-state index in [1.807, 2.05) is 27.7 Å². The number of aliphatic hydroxyl groups is 1. The Labute approximate surface area is 266 Å². The molecule has 5 amide bonds. The highest BCUT2D eigenvalue weighted by Crippen LogP contribution is 2.09. The van der Waals surface area contributed by atoms with Crippen LogP contribution in [0.25, 0.3) is 0 Å². The lowest BCUT2D eigenvalue weighted by Gasteiger charge is -2.28. The van der Waals surface area contributed by atoms with Gasteiger partial charge < -0.3 is 48.3 Å². The number of nitrogens with two attached hydrogens (primary N) is 2. The van der Waals surface area contributed by atoms with E-state index in [1.165, 1.54) is 13.8 Å². The molecule has 45 heavy (non-hydrogen) atoms. The molecule has 15 nitrogen and oxygen atoms in total. The van der Waals surface area contributed by atoms with Crippen molar-refractivity contribution in [1.29, 1.82) is 0 Å². The Kier molecular flexibility index (Phi) is 19.2. The van der Waals surface area contributed by atoms with Crippen molar-refractivity contribution in [2.45, 2.75) is 130 Å². The molecule has 0 aliphatic rings. The van der Waals surface area contributed by atoms with Crippen LogP contribution in [0.5, 0.6) is 0 Å². The quantitative estimate of drug-likeness (QED) is 0.0697. The Balaban J connectivity index is 5.61. The second-order valence-electron chi connectivity index (χ2n) is 12.8. The maximum Gasteiger partial charge on any atom is 0.326 e. The topological polar surface area (TPSA) is 255 Å². The average molecular weight is 644 g/mol. The monoisotopic (exact) mass is 643 g/mol. The van der Waals surface area contributed by atoms with Gasteiger partial charge in [-0.25, -0.2) is 4.79 Å². The molecule has 0 aromatic carbocycles. The largest absolute Gasteiger partial charge is 0.480 e. The van der Waals surface area contributed by atoms with E-state index in [2.05, 4.69) is 26.6 Å². The van der Waals surface area contributed by atoms with Crippen LogP contribution in [0.2, 0.25) is 0 Å². The molecule has 7 atom stereocenters. The molecule has 0 radical (unpaired) electrons. The highest BCUT2D eigenvalue weighted by molar-refractivity contribution is 5.96. The van der Waals surface area contributed by atoms with Crippen LogP contribution < -0.4 is 38.1 Å². The predicted octanol–water partition coefficient (Wildman–Crippen LogP) is -0.900. The zero-order valence-corrected chi connectivity index (χ0v) is 28.0. The Hall–Kier alpha value is -3.30. The van der Waals surface area contributed by atoms with Crippen LogP contribution in [-0.4, -0.2) is 94.6 Å². The number of rotatable bonds is 21. The number of hydrogen-bond acceptors (Lipinski definition) is 9. The fourth-order valence-corrected chi connectivity index (χ4v) is 4.45. The molecule has 0 spiro atoms. The van der Waals surface area contributed by atoms with Gasteiger partial charge in [-0.15, -0.1) is 0 Å². The molecule has 15 heteroatoms. The molecule has 0 saturated carbocycles. The van der Waals surface area contributed by atoms with Crippen molar-refractivity contribution in [3.8, 4) is 0 Å². The van der Waals surface area contributed by atoms with Gasteiger partial charge in [0.2, 0.25) is 29.5 Å². The van der Waals surface area contributed by atoms with Crippen molar-refractivity contribution >= 4 is 35.5 Å². The van der Waals surface area contributed by atoms with Crippen molar-refractivity contribution in [3.05, 3.63) is 0 Å². The van der Waals surface area contributed by atoms with E-state index in [-0.39, 0.29) is 24.7 Å². The second kappa shape index (κ2) is 20.7. The van der Waals surface area contributed by atoms with Gasteiger partial charge in [-0.1, -0.05) is 41.5 Å². The van der Waals surface area contributed by atoms with Gasteiger partial charge in [0.1, 0.15) is 30.2 Å². The molecular weight excluding hydrogens is 586 g/mol. The van der Waals surface area contributed by atoms with Gasteiger partial charge in [-0.3, -0.25) is 24.0 Å². The molecule has 0 heterocycles. The molecule has 0 unspecified atom stereocenters. The van der Waals surface area contributed by atoms with Gasteiger partial charge in [0, 0.05) is 0 Å². The molecule has 11 N–H and O–H groups in total. The number of hydrogen-bond donors (Lipinski definition) is 9. The van der Waals surface area contributed by atoms with Gasteiger partial charge in [-0.05, 0) is 70.3 Å². The SMILES string of the molecule is CC(C)C[C@H](NC(=O)[C@H](CCCCN)NC(=O)[C@H](C)NC(=O)[C@@H](NC(=O)[C@@H](NC(=O)[C@@H](N)CC(C)C)[C@@H](C)O)C(C)C)C(=O)O. The number of aliphatic carboxylic acids is 1. The van der Waals surface area contributed by atoms with Crippen LogP contribution in [0.1, 0.15) is 87.5 Å². The molecule has 0 bridgehead atoms. The van der Waals surface area contributed by atoms with Crippen LogP contribution in [0, 0.1) is 17.8 Å². The summed E-state index contributed by atoms with van der Waals surface area (Å²) in [6.07, 6.45) is 0.524. The number of amides is 5. The third-order valence-corrected chi connectivity index (χ3v) is 7.03. The van der Waals surface area contributed by atoms with E-state index in [9.17, 15) is 39.0 Å². The molecule has 0 fully saturated rings. The van der Waals surface area contributed by atoms with Gasteiger partial charge in [0.15, 0.2) is 0 Å². The minimum atomic E-state index is -1.39. The normalized spacial score (nSPS) is 16.1. The van der Waals surface area contributed by atoms with E-state index in [0.717, 1.165) is 0 Å². The number of aliphatic hydroxyl groups excluding tert-OH is 1. The Morgan fingerprint density at radius 1 is 0.622 bits per heavy atom. The zero-order valence-electron chi connectivity index (χ0n) is 28.0. The summed E-state index contributed by atoms with van der Waals surface area (Å²) in [6.45, 7) is 13.8. The van der Waals surface area contributed by atoms with Crippen molar-refractivity contribution in [1.82, 2.24) is 26.6 Å². The Morgan fingerprint density at radius 2 is 1.13 bits per heavy atom. The van der Waals surface area contributed by atoms with Gasteiger partial charge in [-0.2, -0.15) is 0 Å². The number of carbonyl (C=O) groups is 6. The summed E-state index contributed by atoms with van der Waals surface area (Å²) in [5.41, 5.74) is 11.5. The molecule has 260 valence electrons. The lowest BCUT2D eigenvalue weighted by Crippen LogP contribution is -2.61. The molecular formula is C30H57N7O8. The molecule has 0 rings (SSSR count). The van der Waals surface area contributed by atoms with Crippen molar-refractivity contribution in [2.75, 3.05) is 6.54 Å². The smallest absolute Gasteiger partial charge is 0.326 e. The number of nitrogens with one attached hydrogen (secondary N) is 5. The molecule has 0 aliphatic heterocycles. The number of unbranched alkanes of at least 4 members (excludes halogenated alkanes) is 1. The van der Waals surface area contributed by atoms with E-state index in [1.54, 1.807) is 13.8 Å². The van der Waals surface area contributed by atoms with Crippen LogP contribution >= 0.6 is 0 Å². The number of carboxylic acid groups (broad SMARTS) is 1. The first-order valence-corrected chi connectivity index (χ1v) is 15.7. The highest BCUT2D eigenvalue weighted by Gasteiger charge is 2.34. The van der Waals surface area contributed by atoms with E-state index in [0.29, 0.717) is 25.8 Å². The third-order valence-electron chi connectivity index (χ3n) is 7.03. The summed E-state index contributed by atoms with van der Waals surface area (Å²) in [7, 11) is 0. The zero-order chi connectivity index (χ0) is 35.0. The van der Waals surface area contributed by atoms with Gasteiger partial charge in [0.05, 0.1) is 12.1 Å². The van der Waals surface area contributed by atoms with Crippen LogP contribution in [-0.2, 0) is 28.8 Å². The lowest BCUT2D eigenvalue weighted by atomic mass is 10.0. The number of carboxylic acids is 1. The van der Waals surface area contributed by atoms with Crippen LogP contribution in [0.3, 0.4) is 0 Å². The first kappa shape index (κ1) is 41.7. The second-order valence-corrected chi connectivity index (χ2v) is 12.8. The third kappa shape index (κ3) is 16.0. The average Bonchev–Trinajstić information content (AvgIpc) is 2.91. The minimum Gasteiger partial charge on any atom is -0.480 e. The summed E-state index contributed by atoms with van der Waals surface area (Å²) < 4.78 is 0. The van der Waals surface area contributed by atoms with E-state index in [4.69, 9.17) is 11.5 Å². The summed E-state index contributed by atoms with van der Waals surface area (Å²) in [6, 6.07) is -6.78. The van der Waals surface area contributed by atoms with Crippen LogP contribution in [0.15, 0.2) is 0 Å². The fraction of sp³-hybridized carbons (Fsp3) is 0.800. The summed E-state index contributed by atoms with van der Waals surface area (Å²) in [4.78, 5) is 76.5. The molecule has 0 saturated heterocycles. The standard InChI is InChI=1S/C30H57N7O8/c1-15(2)13-20(32)26(40)37-24(19(8)38)29(43)36-23(17(5)6)28(42)33-18(7)25(39)34-21(11-9-10-12-31)27(41)35-22(30(44)45)14-16(3)4/h15-24,38H,9-14,31-32H2,1-8H3,(H,33,42)(H,34,39)(H,35,41)(H,36,43)(H,37,40)(H,44,45)/t18-,19+,20-,21-,22-,23-,24-/m0/s1. The van der Waals surface area contributed by atoms with E-state index >= 15 is 0 Å². The predicted molar refractivity (Wildman–Crippen MR) is 169 cm³/mol. The highest BCUT2D eigenvalue weighted by atomic mass is 16.4. The van der Waals surface area contributed by atoms with Crippen LogP contribution in [0.4, 0.5) is 0 Å². The molecule has 0 aromatic heterocycles. The van der Waals surface area contributed by atoms with Gasteiger partial charge in [0.25, 0.3) is 0 Å². The number of carbonyl (C=O) groups excluding carboxylic acids is 5. The first-order chi connectivity index (χ1) is 20.8. The molecule has 0 aromatic rings. The molecule has 0 aliphatic carbocycles. The Bertz CT molecular complexity index is 989. The van der Waals surface area contributed by atoms with E-state index < -0.39 is 83.8 Å². The van der Waals surface area contributed by atoms with Crippen molar-refractivity contribution in [2.24, 2.45) is 29.2 Å². The maximum absolute atomic E-state index is 13.2.